The fourth-order valence-electron chi connectivity index (χ4n) is 3.52. The van der Waals surface area contributed by atoms with Crippen LogP contribution in [0.15, 0.2) is 42.5 Å². The van der Waals surface area contributed by atoms with Gasteiger partial charge in [-0.25, -0.2) is 4.39 Å². The van der Waals surface area contributed by atoms with E-state index in [-0.39, 0.29) is 17.0 Å². The van der Waals surface area contributed by atoms with E-state index in [0.29, 0.717) is 17.2 Å². The molecule has 1 amide bonds. The van der Waals surface area contributed by atoms with E-state index >= 15 is 0 Å². The summed E-state index contributed by atoms with van der Waals surface area (Å²) >= 11 is 1.51. The number of ether oxygens (including phenoxy) is 2. The van der Waals surface area contributed by atoms with E-state index in [1.165, 1.54) is 23.9 Å². The zero-order chi connectivity index (χ0) is 18.9. The molecule has 0 aromatic heterocycles. The first-order valence-corrected chi connectivity index (χ1v) is 10.3. The molecule has 142 valence electrons. The van der Waals surface area contributed by atoms with Gasteiger partial charge in [0.05, 0.1) is 5.75 Å². The molecule has 1 fully saturated rings. The monoisotopic (exact) mass is 387 g/mol. The van der Waals surface area contributed by atoms with Gasteiger partial charge in [-0.05, 0) is 49.6 Å². The van der Waals surface area contributed by atoms with Gasteiger partial charge >= 0.3 is 0 Å². The van der Waals surface area contributed by atoms with Crippen molar-refractivity contribution in [1.29, 1.82) is 0 Å². The Hall–Kier alpha value is -2.21. The third-order valence-corrected chi connectivity index (χ3v) is 6.19. The van der Waals surface area contributed by atoms with Crippen LogP contribution < -0.4 is 14.8 Å². The third-order valence-electron chi connectivity index (χ3n) is 4.99. The number of carbonyl (C=O) groups excluding carboxylic acids is 1. The molecular weight excluding hydrogens is 365 g/mol. The molecule has 1 aliphatic heterocycles. The highest BCUT2D eigenvalue weighted by Gasteiger charge is 2.44. The number of anilines is 1. The van der Waals surface area contributed by atoms with Gasteiger partial charge in [-0.1, -0.05) is 12.1 Å². The molecule has 1 aliphatic carbocycles. The molecule has 0 saturated heterocycles. The van der Waals surface area contributed by atoms with E-state index in [2.05, 4.69) is 5.32 Å². The smallest absolute Gasteiger partial charge is 0.251 e. The number of fused-ring (bicyclic) bond motifs is 1. The van der Waals surface area contributed by atoms with Crippen molar-refractivity contribution >= 4 is 23.4 Å². The van der Waals surface area contributed by atoms with E-state index in [1.807, 2.05) is 25.1 Å². The Balaban J connectivity index is 1.32. The van der Waals surface area contributed by atoms with Crippen LogP contribution in [0.25, 0.3) is 0 Å². The number of benzene rings is 2. The third kappa shape index (κ3) is 4.05. The summed E-state index contributed by atoms with van der Waals surface area (Å²) in [6.45, 7) is 2.01. The molecule has 6 heteroatoms. The van der Waals surface area contributed by atoms with E-state index in [9.17, 15) is 9.18 Å². The predicted molar refractivity (Wildman–Crippen MR) is 105 cm³/mol. The average Bonchev–Trinajstić information content (AvgIpc) is 3.26. The van der Waals surface area contributed by atoms with Crippen LogP contribution in [0.2, 0.25) is 0 Å². The first-order valence-electron chi connectivity index (χ1n) is 9.22. The van der Waals surface area contributed by atoms with E-state index in [4.69, 9.17) is 9.47 Å². The summed E-state index contributed by atoms with van der Waals surface area (Å²) in [7, 11) is 0. The summed E-state index contributed by atoms with van der Waals surface area (Å²) in [5.41, 5.74) is 1.70. The topological polar surface area (TPSA) is 47.6 Å². The van der Waals surface area contributed by atoms with Crippen LogP contribution in [0.4, 0.5) is 10.1 Å². The van der Waals surface area contributed by atoms with Crippen LogP contribution >= 0.6 is 11.8 Å². The molecule has 1 unspecified atom stereocenters. The van der Waals surface area contributed by atoms with Crippen LogP contribution in [-0.4, -0.2) is 17.4 Å². The molecule has 1 atom stereocenters. The lowest BCUT2D eigenvalue weighted by atomic mass is 10.2. The Labute approximate surface area is 162 Å². The maximum absolute atomic E-state index is 13.0. The second kappa shape index (κ2) is 7.43. The standard InChI is InChI=1S/C21H22FNO3S/c1-14(15-4-6-16(22)7-5-15)27-13-20(24)23-17-8-9-18-19(12-17)26-21(25-18)10-2-3-11-21/h4-9,12,14H,2-3,10-11,13H2,1H3,(H,23,24). The number of amides is 1. The average molecular weight is 387 g/mol. The minimum absolute atomic E-state index is 0.0802. The van der Waals surface area contributed by atoms with Crippen molar-refractivity contribution in [2.45, 2.75) is 43.6 Å². The van der Waals surface area contributed by atoms with Crippen molar-refractivity contribution in [3.8, 4) is 11.5 Å². The second-order valence-electron chi connectivity index (χ2n) is 7.04. The minimum Gasteiger partial charge on any atom is -0.448 e. The Morgan fingerprint density at radius 1 is 1.15 bits per heavy atom. The van der Waals surface area contributed by atoms with Crippen molar-refractivity contribution in [3.05, 3.63) is 53.8 Å². The fourth-order valence-corrected chi connectivity index (χ4v) is 4.34. The summed E-state index contributed by atoms with van der Waals surface area (Å²) in [6.07, 6.45) is 4.03. The highest BCUT2D eigenvalue weighted by molar-refractivity contribution is 8.00. The molecule has 1 heterocycles. The maximum Gasteiger partial charge on any atom is 0.251 e. The first kappa shape index (κ1) is 18.2. The van der Waals surface area contributed by atoms with E-state index in [1.54, 1.807) is 12.1 Å². The molecule has 1 saturated carbocycles. The molecule has 1 N–H and O–H groups in total. The molecule has 0 bridgehead atoms. The number of carbonyl (C=O) groups is 1. The molecule has 2 aliphatic rings. The van der Waals surface area contributed by atoms with Gasteiger partial charge in [-0.2, -0.15) is 0 Å². The molecule has 4 rings (SSSR count). The Bertz CT molecular complexity index is 834. The zero-order valence-corrected chi connectivity index (χ0v) is 16.0. The number of nitrogens with one attached hydrogen (secondary N) is 1. The highest BCUT2D eigenvalue weighted by atomic mass is 32.2. The number of hydrogen-bond acceptors (Lipinski definition) is 4. The Morgan fingerprint density at radius 2 is 1.85 bits per heavy atom. The van der Waals surface area contributed by atoms with E-state index < -0.39 is 5.79 Å². The lowest BCUT2D eigenvalue weighted by Crippen LogP contribution is -2.34. The summed E-state index contributed by atoms with van der Waals surface area (Å²) in [4.78, 5) is 12.3. The molecule has 0 radical (unpaired) electrons. The number of rotatable bonds is 5. The molecule has 27 heavy (non-hydrogen) atoms. The van der Waals surface area contributed by atoms with Crippen molar-refractivity contribution in [2.75, 3.05) is 11.1 Å². The van der Waals surface area contributed by atoms with Gasteiger partial charge in [0.25, 0.3) is 5.79 Å². The SMILES string of the molecule is CC(SCC(=O)Nc1ccc2c(c1)OC1(CCCC1)O2)c1ccc(F)cc1. The second-order valence-corrected chi connectivity index (χ2v) is 8.37. The minimum atomic E-state index is -0.495. The molecular formula is C21H22FNO3S. The van der Waals surface area contributed by atoms with Gasteiger partial charge < -0.3 is 14.8 Å². The highest BCUT2D eigenvalue weighted by Crippen LogP contribution is 2.47. The van der Waals surface area contributed by atoms with Gasteiger partial charge in [0, 0.05) is 29.8 Å². The lowest BCUT2D eigenvalue weighted by Gasteiger charge is -2.21. The maximum atomic E-state index is 13.0. The van der Waals surface area contributed by atoms with Gasteiger partial charge in [0.2, 0.25) is 5.91 Å². The quantitative estimate of drug-likeness (QED) is 0.756. The van der Waals surface area contributed by atoms with Crippen molar-refractivity contribution in [3.63, 3.8) is 0 Å². The van der Waals surface area contributed by atoms with Crippen LogP contribution in [0.3, 0.4) is 0 Å². The van der Waals surface area contributed by atoms with Crippen molar-refractivity contribution in [1.82, 2.24) is 0 Å². The largest absolute Gasteiger partial charge is 0.448 e. The molecule has 2 aromatic carbocycles. The van der Waals surface area contributed by atoms with Gasteiger partial charge in [0.15, 0.2) is 11.5 Å². The van der Waals surface area contributed by atoms with Crippen molar-refractivity contribution in [2.24, 2.45) is 0 Å². The number of halogens is 1. The summed E-state index contributed by atoms with van der Waals surface area (Å²) < 4.78 is 25.0. The van der Waals surface area contributed by atoms with Crippen LogP contribution in [0, 0.1) is 5.82 Å². The normalized spacial score (nSPS) is 17.9. The molecule has 2 aromatic rings. The van der Waals surface area contributed by atoms with Crippen LogP contribution in [-0.2, 0) is 4.79 Å². The van der Waals surface area contributed by atoms with E-state index in [0.717, 1.165) is 37.0 Å². The van der Waals surface area contributed by atoms with Gasteiger partial charge in [-0.15, -0.1) is 11.8 Å². The Kier molecular flexibility index (Phi) is 5.00. The van der Waals surface area contributed by atoms with Crippen molar-refractivity contribution < 1.29 is 18.7 Å². The van der Waals surface area contributed by atoms with Gasteiger partial charge in [-0.3, -0.25) is 4.79 Å². The predicted octanol–water partition coefficient (Wildman–Crippen LogP) is 5.30. The Morgan fingerprint density at radius 3 is 2.59 bits per heavy atom. The van der Waals surface area contributed by atoms with Crippen LogP contribution in [0.5, 0.6) is 11.5 Å². The molecule has 4 nitrogen and oxygen atoms in total. The summed E-state index contributed by atoms with van der Waals surface area (Å²) in [6, 6.07) is 11.9. The fraction of sp³-hybridized carbons (Fsp3) is 0.381. The number of hydrogen-bond donors (Lipinski definition) is 1. The van der Waals surface area contributed by atoms with Gasteiger partial charge in [0.1, 0.15) is 5.82 Å². The lowest BCUT2D eigenvalue weighted by molar-refractivity contribution is -0.113. The summed E-state index contributed by atoms with van der Waals surface area (Å²) in [5, 5.41) is 3.02. The zero-order valence-electron chi connectivity index (χ0n) is 15.2. The molecule has 1 spiro atoms. The number of thioether (sulfide) groups is 1. The first-order chi connectivity index (χ1) is 13.0. The summed E-state index contributed by atoms with van der Waals surface area (Å²) in [5.74, 6) is 0.929. The van der Waals surface area contributed by atoms with Crippen LogP contribution in [0.1, 0.15) is 43.4 Å².